The quantitative estimate of drug-likeness (QED) is 0.729. The second kappa shape index (κ2) is 3.69. The molecule has 0 spiro atoms. The van der Waals surface area contributed by atoms with Crippen molar-refractivity contribution in [1.82, 2.24) is 9.78 Å². The third-order valence-corrected chi connectivity index (χ3v) is 2.99. The Balaban J connectivity index is 2.63. The average Bonchev–Trinajstić information content (AvgIpc) is 2.55. The second-order valence-electron chi connectivity index (χ2n) is 4.33. The Kier molecular flexibility index (Phi) is 2.51. The predicted octanol–water partition coefficient (Wildman–Crippen LogP) is 3.49. The summed E-state index contributed by atoms with van der Waals surface area (Å²) in [5, 5.41) is 5.87. The number of benzene rings is 1. The maximum absolute atomic E-state index is 4.59. The molecular formula is C13H18N2. The Bertz CT molecular complexity index is 480. The fraction of sp³-hybridized carbons (Fsp3) is 0.462. The largest absolute Gasteiger partial charge is 0.269 e. The van der Waals surface area contributed by atoms with Gasteiger partial charge in [-0.1, -0.05) is 26.0 Å². The molecule has 0 radical (unpaired) electrons. The molecule has 0 bridgehead atoms. The van der Waals surface area contributed by atoms with Gasteiger partial charge in [0.1, 0.15) is 0 Å². The monoisotopic (exact) mass is 202 g/mol. The van der Waals surface area contributed by atoms with Crippen LogP contribution in [0.15, 0.2) is 18.2 Å². The summed E-state index contributed by atoms with van der Waals surface area (Å²) in [6.45, 7) is 9.63. The Morgan fingerprint density at radius 1 is 1.33 bits per heavy atom. The molecule has 0 aliphatic carbocycles. The molecule has 0 saturated carbocycles. The topological polar surface area (TPSA) is 17.8 Å². The number of nitrogens with zero attached hydrogens (tertiary/aromatic N) is 2. The molecule has 2 nitrogen and oxygen atoms in total. The van der Waals surface area contributed by atoms with Crippen molar-refractivity contribution in [3.8, 4) is 0 Å². The minimum atomic E-state index is 0.571. The van der Waals surface area contributed by atoms with Gasteiger partial charge in [0.15, 0.2) is 0 Å². The molecule has 80 valence electrons. The van der Waals surface area contributed by atoms with E-state index in [1.165, 1.54) is 16.6 Å². The van der Waals surface area contributed by atoms with Gasteiger partial charge < -0.3 is 0 Å². The minimum Gasteiger partial charge on any atom is -0.269 e. The molecule has 0 saturated heterocycles. The zero-order chi connectivity index (χ0) is 11.0. The highest BCUT2D eigenvalue weighted by atomic mass is 15.3. The fourth-order valence-electron chi connectivity index (χ4n) is 1.95. The van der Waals surface area contributed by atoms with Crippen molar-refractivity contribution in [3.63, 3.8) is 0 Å². The lowest BCUT2D eigenvalue weighted by molar-refractivity contribution is 0.647. The summed E-state index contributed by atoms with van der Waals surface area (Å²) < 4.78 is 2.06. The molecule has 15 heavy (non-hydrogen) atoms. The van der Waals surface area contributed by atoms with E-state index in [1.807, 2.05) is 0 Å². The molecule has 0 aliphatic rings. The molecule has 0 amide bonds. The fourth-order valence-corrected chi connectivity index (χ4v) is 1.95. The molecule has 0 atom stereocenters. The molecule has 0 aliphatic heterocycles. The van der Waals surface area contributed by atoms with E-state index in [0.717, 1.165) is 12.1 Å². The van der Waals surface area contributed by atoms with Crippen LogP contribution in [0, 0.1) is 6.92 Å². The first-order valence-electron chi connectivity index (χ1n) is 5.60. The Hall–Kier alpha value is -1.31. The lowest BCUT2D eigenvalue weighted by atomic mass is 10.0. The molecule has 0 fully saturated rings. The maximum Gasteiger partial charge on any atom is 0.0928 e. The summed E-state index contributed by atoms with van der Waals surface area (Å²) in [6.07, 6.45) is 0. The van der Waals surface area contributed by atoms with Crippen molar-refractivity contribution in [1.29, 1.82) is 0 Å². The van der Waals surface area contributed by atoms with Gasteiger partial charge in [-0.05, 0) is 31.4 Å². The summed E-state index contributed by atoms with van der Waals surface area (Å²) in [4.78, 5) is 0. The van der Waals surface area contributed by atoms with Crippen LogP contribution in [0.4, 0.5) is 0 Å². The molecule has 0 unspecified atom stereocenters. The van der Waals surface area contributed by atoms with Gasteiger partial charge in [0, 0.05) is 17.6 Å². The van der Waals surface area contributed by atoms with Crippen molar-refractivity contribution in [2.24, 2.45) is 0 Å². The first-order chi connectivity index (χ1) is 7.13. The zero-order valence-electron chi connectivity index (χ0n) is 9.91. The summed E-state index contributed by atoms with van der Waals surface area (Å²) in [5.74, 6) is 0.571. The number of fused-ring (bicyclic) bond motifs is 1. The molecule has 0 N–H and O–H groups in total. The Labute approximate surface area is 90.9 Å². The number of hydrogen-bond donors (Lipinski definition) is 0. The van der Waals surface area contributed by atoms with Gasteiger partial charge in [0.2, 0.25) is 0 Å². The first-order valence-corrected chi connectivity index (χ1v) is 5.60. The van der Waals surface area contributed by atoms with Gasteiger partial charge in [-0.2, -0.15) is 5.10 Å². The van der Waals surface area contributed by atoms with E-state index in [0.29, 0.717) is 5.92 Å². The van der Waals surface area contributed by atoms with Gasteiger partial charge in [-0.3, -0.25) is 4.68 Å². The lowest BCUT2D eigenvalue weighted by Gasteiger charge is -2.03. The summed E-state index contributed by atoms with van der Waals surface area (Å²) >= 11 is 0. The number of hydrogen-bond acceptors (Lipinski definition) is 1. The summed E-state index contributed by atoms with van der Waals surface area (Å²) in [6, 6.07) is 6.61. The van der Waals surface area contributed by atoms with Crippen LogP contribution in [0.25, 0.3) is 10.9 Å². The van der Waals surface area contributed by atoms with Gasteiger partial charge in [-0.15, -0.1) is 0 Å². The third-order valence-electron chi connectivity index (χ3n) is 2.99. The van der Waals surface area contributed by atoms with Gasteiger partial charge in [-0.25, -0.2) is 0 Å². The highest BCUT2D eigenvalue weighted by Gasteiger charge is 2.07. The SMILES string of the molecule is CCn1nc2cc(C(C)C)ccc2c1C. The minimum absolute atomic E-state index is 0.571. The zero-order valence-corrected chi connectivity index (χ0v) is 9.91. The van der Waals surface area contributed by atoms with Crippen LogP contribution < -0.4 is 0 Å². The third kappa shape index (κ3) is 1.65. The highest BCUT2D eigenvalue weighted by molar-refractivity contribution is 5.82. The summed E-state index contributed by atoms with van der Waals surface area (Å²) in [5.41, 5.74) is 3.76. The van der Waals surface area contributed by atoms with Crippen LogP contribution in [0.2, 0.25) is 0 Å². The Morgan fingerprint density at radius 2 is 2.07 bits per heavy atom. The number of aromatic nitrogens is 2. The van der Waals surface area contributed by atoms with Gasteiger partial charge in [0.25, 0.3) is 0 Å². The van der Waals surface area contributed by atoms with Crippen LogP contribution >= 0.6 is 0 Å². The standard InChI is InChI=1S/C13H18N2/c1-5-15-10(4)12-7-6-11(9(2)3)8-13(12)14-15/h6-9H,5H2,1-4H3. The average molecular weight is 202 g/mol. The van der Waals surface area contributed by atoms with Crippen molar-refractivity contribution in [2.45, 2.75) is 40.2 Å². The predicted molar refractivity (Wildman–Crippen MR) is 64.2 cm³/mol. The number of aryl methyl sites for hydroxylation is 2. The van der Waals surface area contributed by atoms with E-state index >= 15 is 0 Å². The van der Waals surface area contributed by atoms with Crippen LogP contribution in [0.3, 0.4) is 0 Å². The first kappa shape index (κ1) is 10.2. The van der Waals surface area contributed by atoms with Crippen LogP contribution in [-0.4, -0.2) is 9.78 Å². The second-order valence-corrected chi connectivity index (χ2v) is 4.33. The van der Waals surface area contributed by atoms with Crippen molar-refractivity contribution >= 4 is 10.9 Å². The van der Waals surface area contributed by atoms with E-state index in [2.05, 4.69) is 55.7 Å². The van der Waals surface area contributed by atoms with E-state index in [9.17, 15) is 0 Å². The summed E-state index contributed by atoms with van der Waals surface area (Å²) in [7, 11) is 0. The molecule has 1 aromatic carbocycles. The van der Waals surface area contributed by atoms with E-state index in [1.54, 1.807) is 0 Å². The Morgan fingerprint density at radius 3 is 2.67 bits per heavy atom. The van der Waals surface area contributed by atoms with Gasteiger partial charge in [0.05, 0.1) is 5.52 Å². The van der Waals surface area contributed by atoms with E-state index < -0.39 is 0 Å². The normalized spacial score (nSPS) is 11.5. The highest BCUT2D eigenvalue weighted by Crippen LogP contribution is 2.22. The number of rotatable bonds is 2. The van der Waals surface area contributed by atoms with E-state index in [4.69, 9.17) is 0 Å². The molecule has 2 heteroatoms. The lowest BCUT2D eigenvalue weighted by Crippen LogP contribution is -1.97. The molecular weight excluding hydrogens is 184 g/mol. The maximum atomic E-state index is 4.59. The smallest absolute Gasteiger partial charge is 0.0928 e. The van der Waals surface area contributed by atoms with Crippen LogP contribution in [-0.2, 0) is 6.54 Å². The molecule has 2 aromatic rings. The van der Waals surface area contributed by atoms with E-state index in [-0.39, 0.29) is 0 Å². The molecule has 1 heterocycles. The molecule has 2 rings (SSSR count). The van der Waals surface area contributed by atoms with Crippen molar-refractivity contribution < 1.29 is 0 Å². The van der Waals surface area contributed by atoms with Gasteiger partial charge >= 0.3 is 0 Å². The van der Waals surface area contributed by atoms with Crippen LogP contribution in [0.5, 0.6) is 0 Å². The van der Waals surface area contributed by atoms with Crippen molar-refractivity contribution in [2.75, 3.05) is 0 Å². The van der Waals surface area contributed by atoms with Crippen molar-refractivity contribution in [3.05, 3.63) is 29.5 Å². The molecule has 1 aromatic heterocycles. The van der Waals surface area contributed by atoms with Crippen LogP contribution in [0.1, 0.15) is 37.9 Å².